The van der Waals surface area contributed by atoms with Gasteiger partial charge < -0.3 is 10.1 Å². The van der Waals surface area contributed by atoms with Gasteiger partial charge in [-0.1, -0.05) is 32.0 Å². The number of fused-ring (bicyclic) bond motifs is 1. The predicted molar refractivity (Wildman–Crippen MR) is 82.0 cm³/mol. The van der Waals surface area contributed by atoms with Crippen molar-refractivity contribution in [2.45, 2.75) is 50.3 Å². The molecule has 0 radical (unpaired) electrons. The third-order valence-corrected chi connectivity index (χ3v) is 6.78. The van der Waals surface area contributed by atoms with Crippen LogP contribution in [0.15, 0.2) is 29.2 Å². The third kappa shape index (κ3) is 2.41. The molecule has 5 heteroatoms. The van der Waals surface area contributed by atoms with Crippen LogP contribution in [0.4, 0.5) is 0 Å². The zero-order chi connectivity index (χ0) is 15.3. The van der Waals surface area contributed by atoms with Gasteiger partial charge in [-0.05, 0) is 25.0 Å². The second-order valence-corrected chi connectivity index (χ2v) is 8.59. The summed E-state index contributed by atoms with van der Waals surface area (Å²) in [4.78, 5) is 0.487. The fourth-order valence-corrected chi connectivity index (χ4v) is 5.23. The molecule has 1 heterocycles. The molecule has 2 aliphatic rings. The van der Waals surface area contributed by atoms with E-state index in [0.29, 0.717) is 10.9 Å². The second kappa shape index (κ2) is 5.07. The number of hydrogen-bond donors (Lipinski definition) is 1. The van der Waals surface area contributed by atoms with Gasteiger partial charge in [-0.3, -0.25) is 0 Å². The highest BCUT2D eigenvalue weighted by Crippen LogP contribution is 2.45. The summed E-state index contributed by atoms with van der Waals surface area (Å²) in [7, 11) is -3.14. The number of benzene rings is 1. The highest BCUT2D eigenvalue weighted by Gasteiger charge is 2.50. The van der Waals surface area contributed by atoms with Gasteiger partial charge in [0.15, 0.2) is 9.84 Å². The Balaban J connectivity index is 1.77. The van der Waals surface area contributed by atoms with Crippen molar-refractivity contribution in [1.82, 2.24) is 5.32 Å². The van der Waals surface area contributed by atoms with Crippen molar-refractivity contribution in [3.8, 4) is 0 Å². The van der Waals surface area contributed by atoms with Crippen molar-refractivity contribution in [1.29, 1.82) is 0 Å². The van der Waals surface area contributed by atoms with Crippen LogP contribution < -0.4 is 5.32 Å². The lowest BCUT2D eigenvalue weighted by Crippen LogP contribution is -2.61. The minimum absolute atomic E-state index is 0.0390. The van der Waals surface area contributed by atoms with Crippen LogP contribution in [0.25, 0.3) is 0 Å². The van der Waals surface area contributed by atoms with Crippen molar-refractivity contribution in [3.05, 3.63) is 29.8 Å². The Kier molecular flexibility index (Phi) is 3.62. The summed E-state index contributed by atoms with van der Waals surface area (Å²) < 4.78 is 30.2. The Morgan fingerprint density at radius 3 is 2.71 bits per heavy atom. The SMILES string of the molecule is CCOC1CC(NC2CS(=O)(=O)c3ccccc32)C1(C)C. The van der Waals surface area contributed by atoms with Crippen molar-refractivity contribution in [2.24, 2.45) is 5.41 Å². The van der Waals surface area contributed by atoms with Crippen LogP contribution in [0.2, 0.25) is 0 Å². The number of rotatable bonds is 4. The molecule has 0 aromatic heterocycles. The van der Waals surface area contributed by atoms with E-state index in [1.54, 1.807) is 12.1 Å². The van der Waals surface area contributed by atoms with E-state index >= 15 is 0 Å². The Labute approximate surface area is 126 Å². The van der Waals surface area contributed by atoms with Gasteiger partial charge in [-0.25, -0.2) is 8.42 Å². The molecule has 3 unspecified atom stereocenters. The van der Waals surface area contributed by atoms with Crippen LogP contribution in [0.1, 0.15) is 38.8 Å². The summed E-state index contributed by atoms with van der Waals surface area (Å²) in [5.41, 5.74) is 0.949. The molecule has 1 fully saturated rings. The molecule has 1 aliphatic carbocycles. The summed E-state index contributed by atoms with van der Waals surface area (Å²) in [5.74, 6) is 0.165. The van der Waals surface area contributed by atoms with E-state index in [4.69, 9.17) is 4.74 Å². The normalized spacial score (nSPS) is 32.4. The molecule has 1 saturated carbocycles. The maximum absolute atomic E-state index is 12.2. The third-order valence-electron chi connectivity index (χ3n) is 4.96. The minimum Gasteiger partial charge on any atom is -0.378 e. The predicted octanol–water partition coefficient (Wildman–Crippen LogP) is 2.31. The lowest BCUT2D eigenvalue weighted by atomic mass is 9.64. The quantitative estimate of drug-likeness (QED) is 0.927. The molecule has 21 heavy (non-hydrogen) atoms. The van der Waals surface area contributed by atoms with E-state index < -0.39 is 9.84 Å². The molecule has 0 bridgehead atoms. The van der Waals surface area contributed by atoms with Crippen LogP contribution in [-0.2, 0) is 14.6 Å². The largest absolute Gasteiger partial charge is 0.378 e. The monoisotopic (exact) mass is 309 g/mol. The van der Waals surface area contributed by atoms with Crippen LogP contribution in [-0.4, -0.2) is 32.9 Å². The first kappa shape index (κ1) is 15.0. The van der Waals surface area contributed by atoms with E-state index in [0.717, 1.165) is 18.6 Å². The Hall–Kier alpha value is -0.910. The lowest BCUT2D eigenvalue weighted by Gasteiger charge is -2.52. The number of sulfone groups is 1. The van der Waals surface area contributed by atoms with Crippen LogP contribution in [0.3, 0.4) is 0 Å². The molecular weight excluding hydrogens is 286 g/mol. The van der Waals surface area contributed by atoms with E-state index in [2.05, 4.69) is 19.2 Å². The second-order valence-electron chi connectivity index (χ2n) is 6.59. The molecular formula is C16H23NO3S. The van der Waals surface area contributed by atoms with Crippen molar-refractivity contribution in [2.75, 3.05) is 12.4 Å². The molecule has 4 nitrogen and oxygen atoms in total. The van der Waals surface area contributed by atoms with E-state index in [1.165, 1.54) is 0 Å². The molecule has 0 saturated heterocycles. The minimum atomic E-state index is -3.14. The van der Waals surface area contributed by atoms with E-state index in [9.17, 15) is 8.42 Å². The van der Waals surface area contributed by atoms with Crippen LogP contribution in [0.5, 0.6) is 0 Å². The molecule has 116 valence electrons. The maximum Gasteiger partial charge on any atom is 0.180 e. The zero-order valence-corrected chi connectivity index (χ0v) is 13.6. The van der Waals surface area contributed by atoms with Gasteiger partial charge in [0.1, 0.15) is 0 Å². The van der Waals surface area contributed by atoms with Gasteiger partial charge >= 0.3 is 0 Å². The van der Waals surface area contributed by atoms with E-state index in [-0.39, 0.29) is 23.3 Å². The maximum atomic E-state index is 12.2. The summed E-state index contributed by atoms with van der Waals surface area (Å²) in [6.07, 6.45) is 1.20. The first-order valence-electron chi connectivity index (χ1n) is 7.55. The highest BCUT2D eigenvalue weighted by molar-refractivity contribution is 7.91. The summed E-state index contributed by atoms with van der Waals surface area (Å²) in [5, 5.41) is 3.55. The zero-order valence-electron chi connectivity index (χ0n) is 12.8. The molecule has 0 spiro atoms. The van der Waals surface area contributed by atoms with Crippen molar-refractivity contribution >= 4 is 9.84 Å². The molecule has 1 aliphatic heterocycles. The summed E-state index contributed by atoms with van der Waals surface area (Å²) in [6, 6.07) is 7.52. The standard InChI is InChI=1S/C16H23NO3S/c1-4-20-15-9-14(16(15,2)3)17-12-10-21(18,19)13-8-6-5-7-11(12)13/h5-8,12,14-15,17H,4,9-10H2,1-3H3. The van der Waals surface area contributed by atoms with Gasteiger partial charge in [0.25, 0.3) is 0 Å². The van der Waals surface area contributed by atoms with Gasteiger partial charge in [-0.2, -0.15) is 0 Å². The Morgan fingerprint density at radius 1 is 1.33 bits per heavy atom. The fraction of sp³-hybridized carbons (Fsp3) is 0.625. The lowest BCUT2D eigenvalue weighted by molar-refractivity contribution is -0.116. The Bertz CT molecular complexity index is 639. The average Bonchev–Trinajstić information content (AvgIpc) is 2.70. The van der Waals surface area contributed by atoms with Gasteiger partial charge in [0.05, 0.1) is 16.8 Å². The van der Waals surface area contributed by atoms with Gasteiger partial charge in [0, 0.05) is 24.1 Å². The van der Waals surface area contributed by atoms with Gasteiger partial charge in [-0.15, -0.1) is 0 Å². The number of hydrogen-bond acceptors (Lipinski definition) is 4. The topological polar surface area (TPSA) is 55.4 Å². The number of nitrogens with one attached hydrogen (secondary N) is 1. The molecule has 3 rings (SSSR count). The molecule has 1 aromatic carbocycles. The number of ether oxygens (including phenoxy) is 1. The first-order chi connectivity index (χ1) is 9.86. The molecule has 3 atom stereocenters. The molecule has 1 aromatic rings. The van der Waals surface area contributed by atoms with Crippen molar-refractivity contribution < 1.29 is 13.2 Å². The summed E-state index contributed by atoms with van der Waals surface area (Å²) in [6.45, 7) is 7.10. The first-order valence-corrected chi connectivity index (χ1v) is 9.21. The fourth-order valence-electron chi connectivity index (χ4n) is 3.48. The van der Waals surface area contributed by atoms with Crippen molar-refractivity contribution in [3.63, 3.8) is 0 Å². The smallest absolute Gasteiger partial charge is 0.180 e. The highest BCUT2D eigenvalue weighted by atomic mass is 32.2. The average molecular weight is 309 g/mol. The summed E-state index contributed by atoms with van der Waals surface area (Å²) >= 11 is 0. The molecule has 0 amide bonds. The van der Waals surface area contributed by atoms with E-state index in [1.807, 2.05) is 19.1 Å². The molecule has 1 N–H and O–H groups in total. The van der Waals surface area contributed by atoms with Crippen LogP contribution in [0, 0.1) is 5.41 Å². The Morgan fingerprint density at radius 2 is 2.05 bits per heavy atom. The van der Waals surface area contributed by atoms with Gasteiger partial charge in [0.2, 0.25) is 0 Å². The van der Waals surface area contributed by atoms with Crippen LogP contribution >= 0.6 is 0 Å².